The molecule has 0 aliphatic carbocycles. The lowest BCUT2D eigenvalue weighted by molar-refractivity contribution is 0.0820. The van der Waals surface area contributed by atoms with Crippen molar-refractivity contribution in [2.75, 3.05) is 33.4 Å². The average molecular weight is 171 g/mol. The fraction of sp³-hybridized carbons (Fsp3) is 1.00. The van der Waals surface area contributed by atoms with Gasteiger partial charge >= 0.3 is 0 Å². The Kier molecular flexibility index (Phi) is 4.02. The molecule has 1 heterocycles. The van der Waals surface area contributed by atoms with Crippen LogP contribution in [0.25, 0.3) is 0 Å². The molecule has 0 aromatic rings. The third-order valence-corrected chi connectivity index (χ3v) is 2.29. The van der Waals surface area contributed by atoms with Crippen molar-refractivity contribution in [3.05, 3.63) is 0 Å². The fourth-order valence-electron chi connectivity index (χ4n) is 1.63. The van der Waals surface area contributed by atoms with E-state index in [-0.39, 0.29) is 0 Å². The maximum Gasteiger partial charge on any atom is 0.0507 e. The minimum absolute atomic E-state index is 0.670. The van der Waals surface area contributed by atoms with Crippen molar-refractivity contribution >= 4 is 0 Å². The van der Waals surface area contributed by atoms with Crippen LogP contribution in [0.3, 0.4) is 0 Å². The molecule has 1 saturated heterocycles. The van der Waals surface area contributed by atoms with Gasteiger partial charge in [0.25, 0.3) is 0 Å². The topological polar surface area (TPSA) is 12.5 Å². The van der Waals surface area contributed by atoms with E-state index in [4.69, 9.17) is 4.74 Å². The summed E-state index contributed by atoms with van der Waals surface area (Å²) in [5.74, 6) is 1.46. The molecule has 72 valence electrons. The van der Waals surface area contributed by atoms with Gasteiger partial charge in [0.2, 0.25) is 0 Å². The normalized spacial score (nSPS) is 25.5. The molecule has 0 aromatic carbocycles. The Morgan fingerprint density at radius 1 is 1.50 bits per heavy atom. The standard InChI is InChI=1S/C10H21NO/c1-9(2)7-12-8-10-4-5-11(3)6-10/h9-10H,4-8H2,1-3H3/t10-/m1/s1. The lowest BCUT2D eigenvalue weighted by atomic mass is 10.1. The van der Waals surface area contributed by atoms with E-state index in [1.165, 1.54) is 19.5 Å². The maximum absolute atomic E-state index is 5.60. The Morgan fingerprint density at radius 3 is 2.75 bits per heavy atom. The summed E-state index contributed by atoms with van der Waals surface area (Å²) >= 11 is 0. The highest BCUT2D eigenvalue weighted by molar-refractivity contribution is 4.72. The molecule has 0 spiro atoms. The Balaban J connectivity index is 2.00. The number of nitrogens with zero attached hydrogens (tertiary/aromatic N) is 1. The fourth-order valence-corrected chi connectivity index (χ4v) is 1.63. The van der Waals surface area contributed by atoms with Crippen molar-refractivity contribution < 1.29 is 4.74 Å². The minimum Gasteiger partial charge on any atom is -0.381 e. The van der Waals surface area contributed by atoms with Crippen LogP contribution in [0.15, 0.2) is 0 Å². The quantitative estimate of drug-likeness (QED) is 0.637. The Morgan fingerprint density at radius 2 is 2.25 bits per heavy atom. The number of hydrogen-bond donors (Lipinski definition) is 0. The first-order valence-corrected chi connectivity index (χ1v) is 4.94. The Hall–Kier alpha value is -0.0800. The van der Waals surface area contributed by atoms with Crippen LogP contribution in [0.1, 0.15) is 20.3 Å². The van der Waals surface area contributed by atoms with E-state index < -0.39 is 0 Å². The van der Waals surface area contributed by atoms with Crippen LogP contribution < -0.4 is 0 Å². The van der Waals surface area contributed by atoms with Crippen LogP contribution in [0.4, 0.5) is 0 Å². The van der Waals surface area contributed by atoms with Gasteiger partial charge in [0.05, 0.1) is 6.61 Å². The average Bonchev–Trinajstić information content (AvgIpc) is 2.35. The molecule has 0 unspecified atom stereocenters. The molecular weight excluding hydrogens is 150 g/mol. The Bertz CT molecular complexity index is 125. The molecule has 0 aromatic heterocycles. The van der Waals surface area contributed by atoms with Gasteiger partial charge < -0.3 is 9.64 Å². The summed E-state index contributed by atoms with van der Waals surface area (Å²) < 4.78 is 5.60. The van der Waals surface area contributed by atoms with Gasteiger partial charge in [0.15, 0.2) is 0 Å². The molecule has 1 aliphatic heterocycles. The van der Waals surface area contributed by atoms with E-state index in [2.05, 4.69) is 25.8 Å². The zero-order chi connectivity index (χ0) is 8.97. The molecule has 0 radical (unpaired) electrons. The molecule has 0 bridgehead atoms. The second-order valence-electron chi connectivity index (χ2n) is 4.35. The van der Waals surface area contributed by atoms with Crippen LogP contribution >= 0.6 is 0 Å². The third-order valence-electron chi connectivity index (χ3n) is 2.29. The van der Waals surface area contributed by atoms with Gasteiger partial charge in [0.1, 0.15) is 0 Å². The third kappa shape index (κ3) is 3.55. The predicted molar refractivity (Wildman–Crippen MR) is 51.3 cm³/mol. The molecular formula is C10H21NO. The Labute approximate surface area is 75.9 Å². The first-order valence-electron chi connectivity index (χ1n) is 4.94. The zero-order valence-corrected chi connectivity index (χ0v) is 8.55. The smallest absolute Gasteiger partial charge is 0.0507 e. The molecule has 0 amide bonds. The van der Waals surface area contributed by atoms with Crippen molar-refractivity contribution in [2.45, 2.75) is 20.3 Å². The number of ether oxygens (including phenoxy) is 1. The highest BCUT2D eigenvalue weighted by atomic mass is 16.5. The summed E-state index contributed by atoms with van der Waals surface area (Å²) in [6.07, 6.45) is 1.31. The largest absolute Gasteiger partial charge is 0.381 e. The van der Waals surface area contributed by atoms with E-state index in [1.54, 1.807) is 0 Å². The van der Waals surface area contributed by atoms with Crippen LogP contribution in [0.2, 0.25) is 0 Å². The van der Waals surface area contributed by atoms with E-state index in [1.807, 2.05) is 0 Å². The minimum atomic E-state index is 0.670. The van der Waals surface area contributed by atoms with Crippen LogP contribution in [0.5, 0.6) is 0 Å². The van der Waals surface area contributed by atoms with E-state index in [0.717, 1.165) is 19.1 Å². The molecule has 1 fully saturated rings. The molecule has 1 aliphatic rings. The molecule has 0 N–H and O–H groups in total. The van der Waals surface area contributed by atoms with Crippen LogP contribution in [-0.4, -0.2) is 38.3 Å². The van der Waals surface area contributed by atoms with Gasteiger partial charge in [-0.3, -0.25) is 0 Å². The molecule has 1 atom stereocenters. The number of likely N-dealkylation sites (tertiary alicyclic amines) is 1. The zero-order valence-electron chi connectivity index (χ0n) is 8.55. The van der Waals surface area contributed by atoms with Crippen molar-refractivity contribution in [2.24, 2.45) is 11.8 Å². The van der Waals surface area contributed by atoms with Crippen LogP contribution in [-0.2, 0) is 4.74 Å². The monoisotopic (exact) mass is 171 g/mol. The SMILES string of the molecule is CC(C)COC[C@@H]1CCN(C)C1. The van der Waals surface area contributed by atoms with Crippen LogP contribution in [0, 0.1) is 11.8 Å². The molecule has 0 saturated carbocycles. The molecule has 1 rings (SSSR count). The van der Waals surface area contributed by atoms with Gasteiger partial charge in [-0.1, -0.05) is 13.8 Å². The summed E-state index contributed by atoms with van der Waals surface area (Å²) in [5.41, 5.74) is 0. The van der Waals surface area contributed by atoms with Crippen molar-refractivity contribution in [1.29, 1.82) is 0 Å². The number of rotatable bonds is 4. The maximum atomic E-state index is 5.60. The van der Waals surface area contributed by atoms with Gasteiger partial charge in [0, 0.05) is 13.2 Å². The van der Waals surface area contributed by atoms with E-state index in [9.17, 15) is 0 Å². The van der Waals surface area contributed by atoms with Gasteiger partial charge in [-0.15, -0.1) is 0 Å². The van der Waals surface area contributed by atoms with Crippen molar-refractivity contribution in [3.63, 3.8) is 0 Å². The second kappa shape index (κ2) is 4.83. The lowest BCUT2D eigenvalue weighted by Crippen LogP contribution is -2.17. The van der Waals surface area contributed by atoms with Crippen molar-refractivity contribution in [1.82, 2.24) is 4.90 Å². The molecule has 12 heavy (non-hydrogen) atoms. The van der Waals surface area contributed by atoms with Gasteiger partial charge in [-0.25, -0.2) is 0 Å². The first-order chi connectivity index (χ1) is 5.68. The summed E-state index contributed by atoms with van der Waals surface area (Å²) in [7, 11) is 2.18. The summed E-state index contributed by atoms with van der Waals surface area (Å²) in [6, 6.07) is 0. The number of hydrogen-bond acceptors (Lipinski definition) is 2. The van der Waals surface area contributed by atoms with Gasteiger partial charge in [-0.05, 0) is 31.8 Å². The predicted octanol–water partition coefficient (Wildman–Crippen LogP) is 1.61. The highest BCUT2D eigenvalue weighted by Gasteiger charge is 2.19. The summed E-state index contributed by atoms with van der Waals surface area (Å²) in [4.78, 5) is 2.38. The van der Waals surface area contributed by atoms with Crippen molar-refractivity contribution in [3.8, 4) is 0 Å². The first kappa shape index (κ1) is 10.0. The highest BCUT2D eigenvalue weighted by Crippen LogP contribution is 2.14. The second-order valence-corrected chi connectivity index (χ2v) is 4.35. The molecule has 2 nitrogen and oxygen atoms in total. The summed E-state index contributed by atoms with van der Waals surface area (Å²) in [5, 5.41) is 0. The van der Waals surface area contributed by atoms with E-state index in [0.29, 0.717) is 5.92 Å². The van der Waals surface area contributed by atoms with Gasteiger partial charge in [-0.2, -0.15) is 0 Å². The van der Waals surface area contributed by atoms with E-state index >= 15 is 0 Å². The summed E-state index contributed by atoms with van der Waals surface area (Å²) in [6.45, 7) is 8.73. The lowest BCUT2D eigenvalue weighted by Gasteiger charge is -2.12. The molecule has 2 heteroatoms.